The first-order valence-corrected chi connectivity index (χ1v) is 11.3. The van der Waals surface area contributed by atoms with Crippen LogP contribution >= 0.6 is 11.3 Å². The summed E-state index contributed by atoms with van der Waals surface area (Å²) in [6, 6.07) is 0. The standard InChI is InChI=1S/C20H27N5O2S/c21-18(26)13-4-6-25(7-5-13)19-17-14-2-1-3-15(14)28-20(17)23-16(22-19)12-24-8-10-27-11-9-24/h13H,1-12H2,(H2,21,26)/p+1. The molecule has 150 valence electrons. The highest BCUT2D eigenvalue weighted by Gasteiger charge is 2.29. The molecule has 2 aliphatic heterocycles. The number of primary amides is 1. The molecule has 2 fully saturated rings. The minimum atomic E-state index is -0.166. The molecule has 0 bridgehead atoms. The van der Waals surface area contributed by atoms with Gasteiger partial charge in [0, 0.05) is 23.9 Å². The number of nitrogens with two attached hydrogens (primary N) is 1. The van der Waals surface area contributed by atoms with Gasteiger partial charge in [-0.05, 0) is 37.7 Å². The average Bonchev–Trinajstić information content (AvgIpc) is 3.29. The zero-order valence-electron chi connectivity index (χ0n) is 16.2. The molecule has 2 saturated heterocycles. The lowest BCUT2D eigenvalue weighted by atomic mass is 9.96. The van der Waals surface area contributed by atoms with Gasteiger partial charge >= 0.3 is 0 Å². The van der Waals surface area contributed by atoms with Gasteiger partial charge in [0.2, 0.25) is 5.91 Å². The number of aromatic nitrogens is 2. The minimum Gasteiger partial charge on any atom is -0.370 e. The van der Waals surface area contributed by atoms with E-state index in [1.54, 1.807) is 0 Å². The Morgan fingerprint density at radius 2 is 2.00 bits per heavy atom. The summed E-state index contributed by atoms with van der Waals surface area (Å²) in [6.07, 6.45) is 5.18. The number of fused-ring (bicyclic) bond motifs is 3. The van der Waals surface area contributed by atoms with Crippen LogP contribution in [0.1, 0.15) is 35.5 Å². The molecule has 28 heavy (non-hydrogen) atoms. The molecule has 7 nitrogen and oxygen atoms in total. The molecular weight excluding hydrogens is 374 g/mol. The summed E-state index contributed by atoms with van der Waals surface area (Å²) in [5.74, 6) is 1.87. The molecule has 0 spiro atoms. The summed E-state index contributed by atoms with van der Waals surface area (Å²) in [5, 5.41) is 1.27. The summed E-state index contributed by atoms with van der Waals surface area (Å²) in [5.41, 5.74) is 7.00. The summed E-state index contributed by atoms with van der Waals surface area (Å²) in [4.78, 5) is 28.1. The maximum atomic E-state index is 11.6. The smallest absolute Gasteiger partial charge is 0.220 e. The van der Waals surface area contributed by atoms with E-state index in [1.165, 1.54) is 33.6 Å². The first-order valence-electron chi connectivity index (χ1n) is 10.5. The number of anilines is 1. The van der Waals surface area contributed by atoms with Gasteiger partial charge in [0.05, 0.1) is 18.6 Å². The normalized spacial score (nSPS) is 21.4. The van der Waals surface area contributed by atoms with Crippen LogP contribution in [-0.4, -0.2) is 55.3 Å². The number of nitrogens with one attached hydrogen (secondary N) is 1. The van der Waals surface area contributed by atoms with Crippen LogP contribution in [0.4, 0.5) is 5.82 Å². The van der Waals surface area contributed by atoms with Crippen LogP contribution in [0.15, 0.2) is 0 Å². The fraction of sp³-hybridized carbons (Fsp3) is 0.650. The highest BCUT2D eigenvalue weighted by molar-refractivity contribution is 7.19. The third-order valence-corrected chi connectivity index (χ3v) is 7.58. The predicted molar refractivity (Wildman–Crippen MR) is 109 cm³/mol. The largest absolute Gasteiger partial charge is 0.370 e. The van der Waals surface area contributed by atoms with E-state index in [0.717, 1.165) is 81.7 Å². The van der Waals surface area contributed by atoms with Crippen molar-refractivity contribution >= 4 is 33.3 Å². The Hall–Kier alpha value is -1.77. The van der Waals surface area contributed by atoms with Crippen molar-refractivity contribution in [1.82, 2.24) is 9.97 Å². The van der Waals surface area contributed by atoms with Gasteiger partial charge in [-0.2, -0.15) is 0 Å². The molecule has 8 heteroatoms. The second kappa shape index (κ2) is 7.57. The molecule has 1 aliphatic carbocycles. The van der Waals surface area contributed by atoms with Crippen LogP contribution in [-0.2, 0) is 28.9 Å². The number of amides is 1. The maximum absolute atomic E-state index is 11.6. The van der Waals surface area contributed by atoms with Crippen LogP contribution in [0.3, 0.4) is 0 Å². The number of piperidine rings is 1. The van der Waals surface area contributed by atoms with Crippen molar-refractivity contribution in [1.29, 1.82) is 0 Å². The van der Waals surface area contributed by atoms with Gasteiger partial charge in [-0.3, -0.25) is 4.79 Å². The number of carbonyl (C=O) groups excluding carboxylic acids is 1. The fourth-order valence-electron chi connectivity index (χ4n) is 4.76. The molecule has 2 aromatic heterocycles. The highest BCUT2D eigenvalue weighted by Crippen LogP contribution is 2.41. The van der Waals surface area contributed by atoms with E-state index in [2.05, 4.69) is 4.90 Å². The fourth-order valence-corrected chi connectivity index (χ4v) is 6.04. The van der Waals surface area contributed by atoms with Crippen molar-refractivity contribution in [3.8, 4) is 0 Å². The molecule has 0 saturated carbocycles. The molecule has 3 aliphatic rings. The Bertz CT molecular complexity index is 884. The minimum absolute atomic E-state index is 0.000896. The molecule has 5 rings (SSSR count). The third-order valence-electron chi connectivity index (χ3n) is 6.40. The van der Waals surface area contributed by atoms with E-state index in [1.807, 2.05) is 11.3 Å². The Morgan fingerprint density at radius 1 is 1.21 bits per heavy atom. The van der Waals surface area contributed by atoms with E-state index in [0.29, 0.717) is 0 Å². The zero-order valence-corrected chi connectivity index (χ0v) is 17.0. The van der Waals surface area contributed by atoms with Crippen molar-refractivity contribution in [2.24, 2.45) is 11.7 Å². The number of hydrogen-bond donors (Lipinski definition) is 2. The molecule has 3 N–H and O–H groups in total. The molecule has 4 heterocycles. The van der Waals surface area contributed by atoms with Crippen LogP contribution < -0.4 is 15.5 Å². The van der Waals surface area contributed by atoms with Gasteiger partial charge in [-0.15, -0.1) is 11.3 Å². The average molecular weight is 403 g/mol. The third kappa shape index (κ3) is 3.38. The summed E-state index contributed by atoms with van der Waals surface area (Å²) >= 11 is 1.86. The lowest BCUT2D eigenvalue weighted by Crippen LogP contribution is -3.12. The summed E-state index contributed by atoms with van der Waals surface area (Å²) in [7, 11) is 0. The number of thiophene rings is 1. The first-order chi connectivity index (χ1) is 13.7. The lowest BCUT2D eigenvalue weighted by Gasteiger charge is -2.32. The number of rotatable bonds is 4. The van der Waals surface area contributed by atoms with Crippen LogP contribution in [0.25, 0.3) is 10.2 Å². The number of aryl methyl sites for hydroxylation is 2. The summed E-state index contributed by atoms with van der Waals surface area (Å²) < 4.78 is 5.49. The Kier molecular flexibility index (Phi) is 4.94. The molecule has 0 unspecified atom stereocenters. The monoisotopic (exact) mass is 402 g/mol. The Labute approximate surface area is 168 Å². The quantitative estimate of drug-likeness (QED) is 0.768. The number of quaternary nitrogens is 1. The molecule has 2 aromatic rings. The van der Waals surface area contributed by atoms with Crippen LogP contribution in [0.2, 0.25) is 0 Å². The van der Waals surface area contributed by atoms with Crippen molar-refractivity contribution in [3.63, 3.8) is 0 Å². The Morgan fingerprint density at radius 3 is 2.75 bits per heavy atom. The van der Waals surface area contributed by atoms with Crippen molar-refractivity contribution in [2.45, 2.75) is 38.6 Å². The van der Waals surface area contributed by atoms with E-state index in [4.69, 9.17) is 20.4 Å². The van der Waals surface area contributed by atoms with Crippen molar-refractivity contribution in [3.05, 3.63) is 16.3 Å². The van der Waals surface area contributed by atoms with Crippen LogP contribution in [0.5, 0.6) is 0 Å². The molecule has 1 amide bonds. The number of morpholine rings is 1. The van der Waals surface area contributed by atoms with E-state index < -0.39 is 0 Å². The second-order valence-electron chi connectivity index (χ2n) is 8.20. The predicted octanol–water partition coefficient (Wildman–Crippen LogP) is 0.297. The van der Waals surface area contributed by atoms with Gasteiger partial charge in [0.1, 0.15) is 30.3 Å². The second-order valence-corrected chi connectivity index (χ2v) is 9.29. The number of carbonyl (C=O) groups is 1. The van der Waals surface area contributed by atoms with Crippen LogP contribution in [0, 0.1) is 5.92 Å². The number of nitrogens with zero attached hydrogens (tertiary/aromatic N) is 3. The van der Waals surface area contributed by atoms with E-state index >= 15 is 0 Å². The van der Waals surface area contributed by atoms with Gasteiger partial charge in [-0.1, -0.05) is 0 Å². The van der Waals surface area contributed by atoms with E-state index in [-0.39, 0.29) is 11.8 Å². The van der Waals surface area contributed by atoms with Gasteiger partial charge < -0.3 is 20.3 Å². The highest BCUT2D eigenvalue weighted by atomic mass is 32.1. The molecule has 0 radical (unpaired) electrons. The number of ether oxygens (including phenoxy) is 1. The van der Waals surface area contributed by atoms with Gasteiger partial charge in [-0.25, -0.2) is 9.97 Å². The van der Waals surface area contributed by atoms with E-state index in [9.17, 15) is 4.79 Å². The SMILES string of the molecule is NC(=O)C1CCN(c2nc(C[NH+]3CCOCC3)nc3sc4c(c23)CCC4)CC1. The lowest BCUT2D eigenvalue weighted by molar-refractivity contribution is -0.922. The molecule has 0 atom stereocenters. The molecule has 0 aromatic carbocycles. The molecular formula is C20H28N5O2S+. The number of hydrogen-bond acceptors (Lipinski definition) is 6. The zero-order chi connectivity index (χ0) is 19.1. The first kappa shape index (κ1) is 18.3. The van der Waals surface area contributed by atoms with Gasteiger partial charge in [0.25, 0.3) is 0 Å². The van der Waals surface area contributed by atoms with Gasteiger partial charge in [0.15, 0.2) is 5.82 Å². The topological polar surface area (TPSA) is 85.8 Å². The Balaban J connectivity index is 1.49. The summed E-state index contributed by atoms with van der Waals surface area (Å²) in [6.45, 7) is 6.20. The van der Waals surface area contributed by atoms with Crippen molar-refractivity contribution in [2.75, 3.05) is 44.3 Å². The van der Waals surface area contributed by atoms with Crippen molar-refractivity contribution < 1.29 is 14.4 Å². The maximum Gasteiger partial charge on any atom is 0.220 e.